The van der Waals surface area contributed by atoms with E-state index in [4.69, 9.17) is 0 Å². The van der Waals surface area contributed by atoms with E-state index in [0.717, 1.165) is 5.56 Å². The summed E-state index contributed by atoms with van der Waals surface area (Å²) in [6.07, 6.45) is 6.78. The smallest absolute Gasteiger partial charge is 0.211 e. The molecular formula is C15H14N2O. The molecule has 3 heteroatoms. The Kier molecular flexibility index (Phi) is 2.89. The van der Waals surface area contributed by atoms with Gasteiger partial charge < -0.3 is 0 Å². The molecule has 1 aliphatic rings. The van der Waals surface area contributed by atoms with Gasteiger partial charge in [0, 0.05) is 11.8 Å². The Morgan fingerprint density at radius 3 is 2.78 bits per heavy atom. The van der Waals surface area contributed by atoms with Gasteiger partial charge in [0.05, 0.1) is 0 Å². The summed E-state index contributed by atoms with van der Waals surface area (Å²) in [5, 5.41) is 0. The molecule has 1 aliphatic carbocycles. The Morgan fingerprint density at radius 2 is 2.11 bits per heavy atom. The van der Waals surface area contributed by atoms with Crippen LogP contribution in [0.4, 0.5) is 0 Å². The summed E-state index contributed by atoms with van der Waals surface area (Å²) in [5.74, 6) is 0.613. The summed E-state index contributed by atoms with van der Waals surface area (Å²) in [4.78, 5) is 20.1. The van der Waals surface area contributed by atoms with Crippen molar-refractivity contribution in [1.82, 2.24) is 9.97 Å². The maximum atomic E-state index is 12.2. The minimum Gasteiger partial charge on any atom is -0.287 e. The summed E-state index contributed by atoms with van der Waals surface area (Å²) < 4.78 is 0. The molecule has 0 amide bonds. The van der Waals surface area contributed by atoms with Crippen LogP contribution in [0.5, 0.6) is 0 Å². The van der Waals surface area contributed by atoms with E-state index in [9.17, 15) is 4.79 Å². The zero-order valence-corrected chi connectivity index (χ0v) is 10.0. The summed E-state index contributed by atoms with van der Waals surface area (Å²) in [7, 11) is 0. The van der Waals surface area contributed by atoms with Crippen molar-refractivity contribution in [1.29, 1.82) is 0 Å². The van der Waals surface area contributed by atoms with E-state index in [0.29, 0.717) is 11.6 Å². The van der Waals surface area contributed by atoms with Crippen LogP contribution in [0.2, 0.25) is 0 Å². The van der Waals surface area contributed by atoms with Gasteiger partial charge in [0.15, 0.2) is 0 Å². The first-order chi connectivity index (χ1) is 8.84. The number of ketones is 1. The van der Waals surface area contributed by atoms with Crippen LogP contribution in [-0.2, 0) is 0 Å². The summed E-state index contributed by atoms with van der Waals surface area (Å²) in [5.41, 5.74) is 2.45. The monoisotopic (exact) mass is 238 g/mol. The van der Waals surface area contributed by atoms with Gasteiger partial charge >= 0.3 is 0 Å². The molecule has 0 N–H and O–H groups in total. The molecule has 1 aromatic heterocycles. The molecule has 1 saturated carbocycles. The number of benzene rings is 1. The molecule has 1 fully saturated rings. The molecule has 0 bridgehead atoms. The van der Waals surface area contributed by atoms with Crippen molar-refractivity contribution in [2.24, 2.45) is 0 Å². The topological polar surface area (TPSA) is 42.9 Å². The van der Waals surface area contributed by atoms with Crippen molar-refractivity contribution in [3.05, 3.63) is 59.7 Å². The van der Waals surface area contributed by atoms with Gasteiger partial charge in [0.2, 0.25) is 5.78 Å². The largest absolute Gasteiger partial charge is 0.287 e. The molecule has 0 unspecified atom stereocenters. The van der Waals surface area contributed by atoms with Gasteiger partial charge in [-0.3, -0.25) is 4.79 Å². The predicted octanol–water partition coefficient (Wildman–Crippen LogP) is 2.98. The van der Waals surface area contributed by atoms with Gasteiger partial charge in [0.1, 0.15) is 12.0 Å². The first-order valence-electron chi connectivity index (χ1n) is 6.25. The van der Waals surface area contributed by atoms with Crippen LogP contribution in [-0.4, -0.2) is 15.8 Å². The molecular weight excluding hydrogens is 224 g/mol. The fraction of sp³-hybridized carbons (Fsp3) is 0.267. The molecule has 0 saturated heterocycles. The predicted molar refractivity (Wildman–Crippen MR) is 68.5 cm³/mol. The lowest BCUT2D eigenvalue weighted by Crippen LogP contribution is -2.10. The highest BCUT2D eigenvalue weighted by atomic mass is 16.1. The zero-order valence-electron chi connectivity index (χ0n) is 10.0. The van der Waals surface area contributed by atoms with E-state index in [1.807, 2.05) is 18.2 Å². The fourth-order valence-electron chi connectivity index (χ4n) is 2.25. The number of carbonyl (C=O) groups is 1. The SMILES string of the molecule is O=C(c1cccc(C2CCC2)c1)c1ccncn1. The number of aromatic nitrogens is 2. The maximum absolute atomic E-state index is 12.2. The van der Waals surface area contributed by atoms with E-state index in [1.54, 1.807) is 12.3 Å². The van der Waals surface area contributed by atoms with Crippen LogP contribution in [0, 0.1) is 0 Å². The van der Waals surface area contributed by atoms with Gasteiger partial charge in [-0.1, -0.05) is 24.6 Å². The van der Waals surface area contributed by atoms with Crippen molar-refractivity contribution in [3.8, 4) is 0 Å². The highest BCUT2D eigenvalue weighted by Crippen LogP contribution is 2.36. The molecule has 18 heavy (non-hydrogen) atoms. The van der Waals surface area contributed by atoms with E-state index < -0.39 is 0 Å². The minimum absolute atomic E-state index is 0.0291. The Hall–Kier alpha value is -2.03. The van der Waals surface area contributed by atoms with Crippen molar-refractivity contribution in [2.75, 3.05) is 0 Å². The third kappa shape index (κ3) is 2.04. The summed E-state index contributed by atoms with van der Waals surface area (Å²) >= 11 is 0. The number of carbonyl (C=O) groups excluding carboxylic acids is 1. The Bertz CT molecular complexity index is 562. The highest BCUT2D eigenvalue weighted by molar-refractivity contribution is 6.07. The lowest BCUT2D eigenvalue weighted by Gasteiger charge is -2.26. The number of hydrogen-bond acceptors (Lipinski definition) is 3. The van der Waals surface area contributed by atoms with E-state index in [2.05, 4.69) is 16.0 Å². The zero-order chi connectivity index (χ0) is 12.4. The Morgan fingerprint density at radius 1 is 1.22 bits per heavy atom. The molecule has 0 spiro atoms. The second-order valence-electron chi connectivity index (χ2n) is 4.68. The molecule has 0 atom stereocenters. The van der Waals surface area contributed by atoms with E-state index >= 15 is 0 Å². The van der Waals surface area contributed by atoms with Gasteiger partial charge in [-0.15, -0.1) is 0 Å². The van der Waals surface area contributed by atoms with Crippen LogP contribution < -0.4 is 0 Å². The highest BCUT2D eigenvalue weighted by Gasteiger charge is 2.20. The average molecular weight is 238 g/mol. The molecule has 3 rings (SSSR count). The van der Waals surface area contributed by atoms with Gasteiger partial charge in [-0.25, -0.2) is 9.97 Å². The van der Waals surface area contributed by atoms with E-state index in [-0.39, 0.29) is 5.78 Å². The fourth-order valence-corrected chi connectivity index (χ4v) is 2.25. The molecule has 0 aliphatic heterocycles. The number of rotatable bonds is 3. The molecule has 2 aromatic rings. The molecule has 1 heterocycles. The van der Waals surface area contributed by atoms with Crippen LogP contribution in [0.1, 0.15) is 46.8 Å². The first kappa shape index (κ1) is 11.1. The van der Waals surface area contributed by atoms with Gasteiger partial charge in [0.25, 0.3) is 0 Å². The lowest BCUT2D eigenvalue weighted by atomic mass is 9.79. The standard InChI is InChI=1S/C15H14N2O/c18-15(14-7-8-16-10-17-14)13-6-2-5-12(9-13)11-3-1-4-11/h2,5-11H,1,3-4H2. The summed E-state index contributed by atoms with van der Waals surface area (Å²) in [6.45, 7) is 0. The Labute approximate surface area is 106 Å². The minimum atomic E-state index is -0.0291. The van der Waals surface area contributed by atoms with Crippen molar-refractivity contribution in [2.45, 2.75) is 25.2 Å². The first-order valence-corrected chi connectivity index (χ1v) is 6.25. The van der Waals surface area contributed by atoms with Crippen LogP contribution >= 0.6 is 0 Å². The van der Waals surface area contributed by atoms with Crippen molar-refractivity contribution < 1.29 is 4.79 Å². The quantitative estimate of drug-likeness (QED) is 0.772. The molecule has 1 aromatic carbocycles. The van der Waals surface area contributed by atoms with Crippen molar-refractivity contribution in [3.63, 3.8) is 0 Å². The Balaban J connectivity index is 1.90. The third-order valence-corrected chi connectivity index (χ3v) is 3.54. The van der Waals surface area contributed by atoms with Gasteiger partial charge in [-0.05, 0) is 36.5 Å². The van der Waals surface area contributed by atoms with Gasteiger partial charge in [-0.2, -0.15) is 0 Å². The van der Waals surface area contributed by atoms with E-state index in [1.165, 1.54) is 31.2 Å². The normalized spacial score (nSPS) is 15.1. The maximum Gasteiger partial charge on any atom is 0.211 e. The van der Waals surface area contributed by atoms with Crippen LogP contribution in [0.25, 0.3) is 0 Å². The lowest BCUT2D eigenvalue weighted by molar-refractivity contribution is 0.103. The number of nitrogens with zero attached hydrogens (tertiary/aromatic N) is 2. The molecule has 0 radical (unpaired) electrons. The average Bonchev–Trinajstić information content (AvgIpc) is 2.37. The van der Waals surface area contributed by atoms with Crippen molar-refractivity contribution >= 4 is 5.78 Å². The second kappa shape index (κ2) is 4.69. The van der Waals surface area contributed by atoms with Crippen LogP contribution in [0.3, 0.4) is 0 Å². The summed E-state index contributed by atoms with van der Waals surface area (Å²) in [6, 6.07) is 9.59. The third-order valence-electron chi connectivity index (χ3n) is 3.54. The second-order valence-corrected chi connectivity index (χ2v) is 4.68. The van der Waals surface area contributed by atoms with Crippen LogP contribution in [0.15, 0.2) is 42.9 Å². The number of hydrogen-bond donors (Lipinski definition) is 0. The molecule has 90 valence electrons. The molecule has 3 nitrogen and oxygen atoms in total.